The fourth-order valence-corrected chi connectivity index (χ4v) is 1.56. The van der Waals surface area contributed by atoms with Crippen LogP contribution in [0.4, 0.5) is 0 Å². The van der Waals surface area contributed by atoms with Crippen LogP contribution >= 0.6 is 0 Å². The maximum Gasteiger partial charge on any atom is 0.137 e. The summed E-state index contributed by atoms with van der Waals surface area (Å²) in [6.45, 7) is 2.12. The Morgan fingerprint density at radius 1 is 1.00 bits per heavy atom. The number of benzene rings is 1. The lowest BCUT2D eigenvalue weighted by Gasteiger charge is -2.01. The number of imidazole rings is 1. The molecule has 3 heteroatoms. The van der Waals surface area contributed by atoms with E-state index in [0.717, 1.165) is 12.2 Å². The molecule has 0 fully saturated rings. The van der Waals surface area contributed by atoms with Crippen molar-refractivity contribution in [3.8, 4) is 5.82 Å². The van der Waals surface area contributed by atoms with Crippen LogP contribution in [-0.2, 0) is 6.42 Å². The van der Waals surface area contributed by atoms with Crippen LogP contribution in [0.25, 0.3) is 5.82 Å². The van der Waals surface area contributed by atoms with Crippen LogP contribution < -0.4 is 0 Å². The Balaban J connectivity index is 0.000000186. The Labute approximate surface area is 113 Å². The molecule has 96 valence electrons. The van der Waals surface area contributed by atoms with Gasteiger partial charge in [-0.05, 0) is 18.1 Å². The van der Waals surface area contributed by atoms with E-state index in [4.69, 9.17) is 0 Å². The highest BCUT2D eigenvalue weighted by Crippen LogP contribution is 2.05. The van der Waals surface area contributed by atoms with Crippen LogP contribution in [-0.4, -0.2) is 14.5 Å². The van der Waals surface area contributed by atoms with Crippen molar-refractivity contribution in [2.45, 2.75) is 13.3 Å². The minimum Gasteiger partial charge on any atom is -0.291 e. The molecule has 0 saturated heterocycles. The van der Waals surface area contributed by atoms with E-state index in [1.165, 1.54) is 5.56 Å². The number of aromatic nitrogens is 3. The molecule has 0 unspecified atom stereocenters. The molecule has 0 radical (unpaired) electrons. The number of nitrogens with zero attached hydrogens (tertiary/aromatic N) is 3. The number of rotatable bonds is 2. The minimum absolute atomic E-state index is 0.912. The van der Waals surface area contributed by atoms with Gasteiger partial charge in [-0.1, -0.05) is 49.4 Å². The second kappa shape index (κ2) is 7.11. The summed E-state index contributed by atoms with van der Waals surface area (Å²) in [5.74, 6) is 0.912. The number of hydrogen-bond acceptors (Lipinski definition) is 2. The van der Waals surface area contributed by atoms with Gasteiger partial charge >= 0.3 is 0 Å². The van der Waals surface area contributed by atoms with Crippen LogP contribution in [0.2, 0.25) is 0 Å². The van der Waals surface area contributed by atoms with Crippen molar-refractivity contribution in [2.75, 3.05) is 0 Å². The Morgan fingerprint density at radius 3 is 2.11 bits per heavy atom. The van der Waals surface area contributed by atoms with E-state index in [1.54, 1.807) is 12.5 Å². The number of aryl methyl sites for hydroxylation is 1. The Morgan fingerprint density at radius 2 is 1.68 bits per heavy atom. The minimum atomic E-state index is 0.912. The standard InChI is InChI=1S/C10H11N3.C6H6/c1-2-9-3-4-10(12-7-9)13-6-5-11-8-13;1-2-4-6-5-3-1/h3-8H,2H2,1H3;1-6H. The molecule has 3 nitrogen and oxygen atoms in total. The monoisotopic (exact) mass is 251 g/mol. The highest BCUT2D eigenvalue weighted by Gasteiger charge is 1.95. The summed E-state index contributed by atoms with van der Waals surface area (Å²) < 4.78 is 1.89. The highest BCUT2D eigenvalue weighted by atomic mass is 15.1. The molecule has 0 aliphatic rings. The molecular formula is C16H17N3. The SMILES string of the molecule is CCc1ccc(-n2ccnc2)nc1.c1ccccc1. The lowest BCUT2D eigenvalue weighted by Crippen LogP contribution is -1.94. The number of hydrogen-bond donors (Lipinski definition) is 0. The van der Waals surface area contributed by atoms with Crippen molar-refractivity contribution < 1.29 is 0 Å². The van der Waals surface area contributed by atoms with Gasteiger partial charge in [-0.15, -0.1) is 0 Å². The maximum atomic E-state index is 4.31. The summed E-state index contributed by atoms with van der Waals surface area (Å²) in [5.41, 5.74) is 1.25. The molecule has 0 bridgehead atoms. The quantitative estimate of drug-likeness (QED) is 0.697. The van der Waals surface area contributed by atoms with E-state index in [1.807, 2.05) is 59.4 Å². The normalized spacial score (nSPS) is 9.53. The average molecular weight is 251 g/mol. The molecule has 2 heterocycles. The van der Waals surface area contributed by atoms with Gasteiger partial charge in [0.15, 0.2) is 0 Å². The lowest BCUT2D eigenvalue weighted by molar-refractivity contribution is 0.977. The van der Waals surface area contributed by atoms with E-state index in [9.17, 15) is 0 Å². The zero-order valence-electron chi connectivity index (χ0n) is 11.0. The first kappa shape index (κ1) is 13.0. The summed E-state index contributed by atoms with van der Waals surface area (Å²) in [4.78, 5) is 8.28. The van der Waals surface area contributed by atoms with Crippen LogP contribution in [0.5, 0.6) is 0 Å². The van der Waals surface area contributed by atoms with E-state index >= 15 is 0 Å². The Kier molecular flexibility index (Phi) is 4.87. The first-order valence-corrected chi connectivity index (χ1v) is 6.33. The second-order valence-electron chi connectivity index (χ2n) is 4.00. The van der Waals surface area contributed by atoms with Crippen molar-refractivity contribution in [2.24, 2.45) is 0 Å². The predicted molar refractivity (Wildman–Crippen MR) is 77.2 cm³/mol. The van der Waals surface area contributed by atoms with Gasteiger partial charge in [0.2, 0.25) is 0 Å². The average Bonchev–Trinajstić information content (AvgIpc) is 3.04. The molecule has 0 atom stereocenters. The number of pyridine rings is 1. The molecule has 3 rings (SSSR count). The maximum absolute atomic E-state index is 4.31. The zero-order valence-corrected chi connectivity index (χ0v) is 11.0. The summed E-state index contributed by atoms with van der Waals surface area (Å²) >= 11 is 0. The molecule has 19 heavy (non-hydrogen) atoms. The van der Waals surface area contributed by atoms with Gasteiger partial charge in [0, 0.05) is 18.6 Å². The van der Waals surface area contributed by atoms with Gasteiger partial charge in [-0.25, -0.2) is 9.97 Å². The topological polar surface area (TPSA) is 30.7 Å². The molecule has 0 aliphatic carbocycles. The first-order valence-electron chi connectivity index (χ1n) is 6.33. The molecule has 3 aromatic rings. The molecule has 0 aliphatic heterocycles. The van der Waals surface area contributed by atoms with Crippen LogP contribution in [0.1, 0.15) is 12.5 Å². The second-order valence-corrected chi connectivity index (χ2v) is 4.00. The van der Waals surface area contributed by atoms with Crippen molar-refractivity contribution in [1.29, 1.82) is 0 Å². The van der Waals surface area contributed by atoms with Gasteiger partial charge in [0.05, 0.1) is 0 Å². The van der Waals surface area contributed by atoms with E-state index < -0.39 is 0 Å². The fourth-order valence-electron chi connectivity index (χ4n) is 1.56. The van der Waals surface area contributed by atoms with Gasteiger partial charge < -0.3 is 0 Å². The summed E-state index contributed by atoms with van der Waals surface area (Å²) in [6.07, 6.45) is 8.30. The fraction of sp³-hybridized carbons (Fsp3) is 0.125. The molecule has 0 saturated carbocycles. The van der Waals surface area contributed by atoms with E-state index in [2.05, 4.69) is 23.0 Å². The summed E-state index contributed by atoms with van der Waals surface area (Å²) in [6, 6.07) is 16.1. The first-order chi connectivity index (χ1) is 9.40. The molecule has 0 amide bonds. The third kappa shape index (κ3) is 4.07. The third-order valence-electron chi connectivity index (χ3n) is 2.65. The van der Waals surface area contributed by atoms with Gasteiger partial charge in [-0.2, -0.15) is 0 Å². The van der Waals surface area contributed by atoms with Crippen molar-refractivity contribution in [1.82, 2.24) is 14.5 Å². The molecular weight excluding hydrogens is 234 g/mol. The Hall–Kier alpha value is -2.42. The third-order valence-corrected chi connectivity index (χ3v) is 2.65. The van der Waals surface area contributed by atoms with Crippen LogP contribution in [0.15, 0.2) is 73.4 Å². The molecule has 2 aromatic heterocycles. The van der Waals surface area contributed by atoms with Crippen molar-refractivity contribution >= 4 is 0 Å². The van der Waals surface area contributed by atoms with Crippen molar-refractivity contribution in [3.05, 3.63) is 79.0 Å². The Bertz CT molecular complexity index is 530. The van der Waals surface area contributed by atoms with Crippen LogP contribution in [0, 0.1) is 0 Å². The van der Waals surface area contributed by atoms with Crippen LogP contribution in [0.3, 0.4) is 0 Å². The lowest BCUT2D eigenvalue weighted by atomic mass is 10.2. The summed E-state index contributed by atoms with van der Waals surface area (Å²) in [5, 5.41) is 0. The van der Waals surface area contributed by atoms with Gasteiger partial charge in [-0.3, -0.25) is 4.57 Å². The largest absolute Gasteiger partial charge is 0.291 e. The molecule has 1 aromatic carbocycles. The van der Waals surface area contributed by atoms with Gasteiger partial charge in [0.25, 0.3) is 0 Å². The van der Waals surface area contributed by atoms with Gasteiger partial charge in [0.1, 0.15) is 12.1 Å². The van der Waals surface area contributed by atoms with E-state index in [-0.39, 0.29) is 0 Å². The van der Waals surface area contributed by atoms with Crippen molar-refractivity contribution in [3.63, 3.8) is 0 Å². The zero-order chi connectivity index (χ0) is 13.3. The molecule has 0 N–H and O–H groups in total. The highest BCUT2D eigenvalue weighted by molar-refractivity contribution is 5.25. The summed E-state index contributed by atoms with van der Waals surface area (Å²) in [7, 11) is 0. The molecule has 0 spiro atoms. The van der Waals surface area contributed by atoms with E-state index in [0.29, 0.717) is 0 Å². The smallest absolute Gasteiger partial charge is 0.137 e. The predicted octanol–water partition coefficient (Wildman–Crippen LogP) is 3.52.